The zero-order chi connectivity index (χ0) is 43.7. The summed E-state index contributed by atoms with van der Waals surface area (Å²) in [6.07, 6.45) is 3.44. The number of nitrogens with zero attached hydrogens (tertiary/aromatic N) is 2. The van der Waals surface area contributed by atoms with E-state index in [1.54, 1.807) is 26.6 Å². The van der Waals surface area contributed by atoms with Gasteiger partial charge in [-0.25, -0.2) is 0 Å². The summed E-state index contributed by atoms with van der Waals surface area (Å²) in [5, 5.41) is 23.2. The molecule has 0 amide bonds. The number of methoxy groups -OCH3 is 2. The van der Waals surface area contributed by atoms with Crippen molar-refractivity contribution < 1.29 is 29.2 Å². The third kappa shape index (κ3) is 10.1. The fourth-order valence-corrected chi connectivity index (χ4v) is 6.87. The van der Waals surface area contributed by atoms with Gasteiger partial charge < -0.3 is 29.2 Å². The lowest BCUT2D eigenvalue weighted by molar-refractivity contribution is 0.0504. The van der Waals surface area contributed by atoms with Gasteiger partial charge in [0.2, 0.25) is 0 Å². The Morgan fingerprint density at radius 3 is 1.10 bits per heavy atom. The lowest BCUT2D eigenvalue weighted by Crippen LogP contribution is -2.17. The molecular weight excluding hydrogens is 725 g/mol. The van der Waals surface area contributed by atoms with E-state index in [0.717, 1.165) is 55.6 Å². The molecule has 0 bridgehead atoms. The minimum Gasteiger partial charge on any atom is -0.507 e. The molecule has 0 aromatic heterocycles. The molecule has 8 nitrogen and oxygen atoms in total. The van der Waals surface area contributed by atoms with Gasteiger partial charge in [-0.1, -0.05) is 95.2 Å². The van der Waals surface area contributed by atoms with Crippen LogP contribution >= 0.6 is 0 Å². The second kappa shape index (κ2) is 17.3. The average molecular weight is 793 g/mol. The minimum atomic E-state index is -0.293. The Kier molecular flexibility index (Phi) is 13.7. The van der Waals surface area contributed by atoms with Crippen molar-refractivity contribution in [3.8, 4) is 34.1 Å². The molecule has 0 heterocycles. The molecule has 314 valence electrons. The van der Waals surface area contributed by atoms with E-state index in [1.165, 1.54) is 0 Å². The van der Waals surface area contributed by atoms with Crippen molar-refractivity contribution in [1.29, 1.82) is 0 Å². The zero-order valence-electron chi connectivity index (χ0n) is 38.5. The number of ether oxygens (including phenoxy) is 4. The molecule has 8 heteroatoms. The number of hydrogen-bond acceptors (Lipinski definition) is 8. The van der Waals surface area contributed by atoms with E-state index in [9.17, 15) is 10.2 Å². The van der Waals surface area contributed by atoms with Crippen LogP contribution in [0.2, 0.25) is 0 Å². The average Bonchev–Trinajstić information content (AvgIpc) is 3.10. The highest BCUT2D eigenvalue weighted by atomic mass is 16.7. The number of aliphatic imine (C=N–C) groups is 2. The summed E-state index contributed by atoms with van der Waals surface area (Å²) in [5.74, 6) is 1.40. The number of benzene rings is 4. The normalized spacial score (nSPS) is 12.9. The van der Waals surface area contributed by atoms with E-state index in [2.05, 4.69) is 109 Å². The molecule has 0 aliphatic rings. The summed E-state index contributed by atoms with van der Waals surface area (Å²) >= 11 is 0. The topological polar surface area (TPSA) is 102 Å². The Labute approximate surface area is 348 Å². The van der Waals surface area contributed by atoms with Crippen molar-refractivity contribution in [3.05, 3.63) is 92.0 Å². The summed E-state index contributed by atoms with van der Waals surface area (Å²) in [6, 6.07) is 12.2. The van der Waals surface area contributed by atoms with Crippen molar-refractivity contribution in [2.24, 2.45) is 9.98 Å². The first kappa shape index (κ1) is 46.0. The van der Waals surface area contributed by atoms with Gasteiger partial charge in [-0.05, 0) is 107 Å². The Hall–Kier alpha value is -4.66. The maximum absolute atomic E-state index is 11.6. The van der Waals surface area contributed by atoms with E-state index < -0.39 is 0 Å². The van der Waals surface area contributed by atoms with Gasteiger partial charge in [0, 0.05) is 60.0 Å². The fourth-order valence-electron chi connectivity index (χ4n) is 6.87. The molecule has 0 aliphatic carbocycles. The van der Waals surface area contributed by atoms with Crippen LogP contribution in [0.1, 0.15) is 139 Å². The molecule has 4 rings (SSSR count). The van der Waals surface area contributed by atoms with Gasteiger partial charge in [-0.2, -0.15) is 0 Å². The van der Waals surface area contributed by atoms with E-state index in [0.29, 0.717) is 34.0 Å². The predicted molar refractivity (Wildman–Crippen MR) is 241 cm³/mol. The zero-order valence-corrected chi connectivity index (χ0v) is 38.5. The van der Waals surface area contributed by atoms with Crippen LogP contribution < -0.4 is 9.47 Å². The molecule has 2 N–H and O–H groups in total. The first-order valence-electron chi connectivity index (χ1n) is 20.1. The smallest absolute Gasteiger partial charge is 0.188 e. The lowest BCUT2D eigenvalue weighted by atomic mass is 9.79. The molecule has 0 aliphatic heterocycles. The van der Waals surface area contributed by atoms with Gasteiger partial charge in [-0.3, -0.25) is 9.98 Å². The lowest BCUT2D eigenvalue weighted by Gasteiger charge is -2.27. The third-order valence-electron chi connectivity index (χ3n) is 10.8. The van der Waals surface area contributed by atoms with Crippen LogP contribution in [0.5, 0.6) is 23.0 Å². The molecule has 4 aromatic rings. The Balaban J connectivity index is 2.07. The van der Waals surface area contributed by atoms with Crippen LogP contribution in [0, 0.1) is 27.7 Å². The second-order valence-electron chi connectivity index (χ2n) is 19.6. The molecule has 0 saturated heterocycles. The van der Waals surface area contributed by atoms with Gasteiger partial charge in [0.25, 0.3) is 0 Å². The van der Waals surface area contributed by atoms with Crippen LogP contribution in [0.15, 0.2) is 46.4 Å². The molecule has 0 radical (unpaired) electrons. The largest absolute Gasteiger partial charge is 0.507 e. The maximum Gasteiger partial charge on any atom is 0.188 e. The van der Waals surface area contributed by atoms with Gasteiger partial charge in [0.05, 0.1) is 0 Å². The molecule has 0 unspecified atom stereocenters. The van der Waals surface area contributed by atoms with E-state index in [-0.39, 0.29) is 46.7 Å². The SMILES string of the molecule is COCOc1c(N=Cc2cc(C(C)(C)C)cc(C(C)(C)C)c2O)cc(C)c(C)c1-c1c(C)c(C)cc(N=Cc2cc(C(C)(C)C)cc(C(C)(C)C)c2O)c1OCOC. The second-order valence-corrected chi connectivity index (χ2v) is 19.6. The van der Waals surface area contributed by atoms with Gasteiger partial charge in [0.1, 0.15) is 22.9 Å². The molecule has 0 fully saturated rings. The van der Waals surface area contributed by atoms with Crippen molar-refractivity contribution >= 4 is 23.8 Å². The molecular formula is C50H68N2O6. The van der Waals surface area contributed by atoms with Crippen LogP contribution in [0.3, 0.4) is 0 Å². The predicted octanol–water partition coefficient (Wildman–Crippen LogP) is 12.7. The number of rotatable bonds is 11. The number of phenols is 2. The summed E-state index contributed by atoms with van der Waals surface area (Å²) in [4.78, 5) is 10.1. The molecule has 4 aromatic carbocycles. The summed E-state index contributed by atoms with van der Waals surface area (Å²) in [5.41, 5.74) is 10.9. The number of hydrogen-bond donors (Lipinski definition) is 2. The summed E-state index contributed by atoms with van der Waals surface area (Å²) in [7, 11) is 3.17. The number of phenolic OH excluding ortho intramolecular Hbond substituents is 2. The van der Waals surface area contributed by atoms with Crippen LogP contribution in [0.25, 0.3) is 11.1 Å². The van der Waals surface area contributed by atoms with Crippen LogP contribution in [0.4, 0.5) is 11.4 Å². The van der Waals surface area contributed by atoms with E-state index >= 15 is 0 Å². The minimum absolute atomic E-state index is 0.0272. The highest BCUT2D eigenvalue weighted by Crippen LogP contribution is 2.51. The van der Waals surface area contributed by atoms with Crippen molar-refractivity contribution in [2.75, 3.05) is 27.8 Å². The molecule has 0 atom stereocenters. The monoisotopic (exact) mass is 793 g/mol. The molecule has 58 heavy (non-hydrogen) atoms. The highest BCUT2D eigenvalue weighted by Gasteiger charge is 2.28. The first-order chi connectivity index (χ1) is 26.7. The van der Waals surface area contributed by atoms with E-state index in [1.807, 2.05) is 38.1 Å². The standard InChI is InChI=1S/C50H68N2O6/c1-29-19-39(51-25-33-21-35(47(5,6)7)23-37(43(33)53)49(11,12)13)45(57-27-55-17)41(31(29)3)42-32(4)30(2)20-40(46(42)58-28-56-18)52-26-34-22-36(48(8,9)10)24-38(44(34)54)50(14,15)16/h19-26,53-54H,27-28H2,1-18H3. The Morgan fingerprint density at radius 1 is 0.500 bits per heavy atom. The molecule has 0 spiro atoms. The highest BCUT2D eigenvalue weighted by molar-refractivity contribution is 5.94. The van der Waals surface area contributed by atoms with Gasteiger partial charge in [0.15, 0.2) is 25.1 Å². The fraction of sp³-hybridized carbons (Fsp3) is 0.480. The van der Waals surface area contributed by atoms with Crippen molar-refractivity contribution in [1.82, 2.24) is 0 Å². The van der Waals surface area contributed by atoms with Crippen LogP contribution in [-0.2, 0) is 31.1 Å². The summed E-state index contributed by atoms with van der Waals surface area (Å²) < 4.78 is 23.9. The van der Waals surface area contributed by atoms with E-state index in [4.69, 9.17) is 28.9 Å². The quantitative estimate of drug-likeness (QED) is 0.116. The Bertz CT molecular complexity index is 2050. The third-order valence-corrected chi connectivity index (χ3v) is 10.8. The number of aryl methyl sites for hydroxylation is 2. The molecule has 0 saturated carbocycles. The number of aromatic hydroxyl groups is 2. The van der Waals surface area contributed by atoms with Gasteiger partial charge >= 0.3 is 0 Å². The maximum atomic E-state index is 11.6. The van der Waals surface area contributed by atoms with Crippen molar-refractivity contribution in [3.63, 3.8) is 0 Å². The van der Waals surface area contributed by atoms with Crippen molar-refractivity contribution in [2.45, 2.75) is 132 Å². The van der Waals surface area contributed by atoms with Gasteiger partial charge in [-0.15, -0.1) is 0 Å². The summed E-state index contributed by atoms with van der Waals surface area (Å²) in [6.45, 7) is 33.7. The first-order valence-corrected chi connectivity index (χ1v) is 20.1. The Morgan fingerprint density at radius 2 is 0.828 bits per heavy atom. The van der Waals surface area contributed by atoms with Crippen LogP contribution in [-0.4, -0.2) is 50.4 Å².